The normalized spacial score (nSPS) is 16.0. The molecule has 1 aliphatic rings. The molecule has 0 radical (unpaired) electrons. The molecule has 1 unspecified atom stereocenters. The van der Waals surface area contributed by atoms with E-state index < -0.39 is 40.5 Å². The maximum Gasteiger partial charge on any atom is 0.320 e. The van der Waals surface area contributed by atoms with Crippen molar-refractivity contribution in [3.05, 3.63) is 64.1 Å². The minimum absolute atomic E-state index is 0.0890. The number of amides is 2. The van der Waals surface area contributed by atoms with E-state index in [9.17, 15) is 23.2 Å². The van der Waals surface area contributed by atoms with Crippen molar-refractivity contribution in [3.8, 4) is 11.5 Å². The van der Waals surface area contributed by atoms with Gasteiger partial charge in [-0.2, -0.15) is 0 Å². The minimum Gasteiger partial charge on any atom is -0.480 e. The van der Waals surface area contributed by atoms with Gasteiger partial charge in [0.05, 0.1) is 4.91 Å². The summed E-state index contributed by atoms with van der Waals surface area (Å²) in [5.41, 5.74) is 6.05. The quantitative estimate of drug-likeness (QED) is 0.615. The number of carbonyl (C=O) groups excluding carboxylic acids is 2. The predicted molar refractivity (Wildman–Crippen MR) is 101 cm³/mol. The molecule has 2 aromatic rings. The van der Waals surface area contributed by atoms with E-state index in [1.807, 2.05) is 0 Å². The van der Waals surface area contributed by atoms with Crippen molar-refractivity contribution in [3.63, 3.8) is 0 Å². The summed E-state index contributed by atoms with van der Waals surface area (Å²) in [6.45, 7) is 0. The number of nitrogens with one attached hydrogen (secondary N) is 1. The second-order valence-corrected chi connectivity index (χ2v) is 7.08. The zero-order valence-electron chi connectivity index (χ0n) is 14.6. The molecule has 0 bridgehead atoms. The highest BCUT2D eigenvalue weighted by Gasteiger charge is 2.25. The number of carbonyl (C=O) groups is 3. The van der Waals surface area contributed by atoms with E-state index in [2.05, 4.69) is 5.32 Å². The fourth-order valence-corrected chi connectivity index (χ4v) is 3.17. The highest BCUT2D eigenvalue weighted by Crippen LogP contribution is 2.30. The Labute approximate surface area is 167 Å². The van der Waals surface area contributed by atoms with E-state index in [4.69, 9.17) is 15.6 Å². The summed E-state index contributed by atoms with van der Waals surface area (Å²) >= 11 is 0.772. The van der Waals surface area contributed by atoms with Crippen LogP contribution in [0.5, 0.6) is 11.5 Å². The Kier molecular flexibility index (Phi) is 5.95. The number of halogens is 2. The molecular weight excluding hydrogens is 406 g/mol. The van der Waals surface area contributed by atoms with Crippen molar-refractivity contribution >= 4 is 35.0 Å². The number of aliphatic carboxylic acids is 1. The molecule has 1 atom stereocenters. The lowest BCUT2D eigenvalue weighted by Crippen LogP contribution is -2.32. The third kappa shape index (κ3) is 4.98. The van der Waals surface area contributed by atoms with Crippen LogP contribution < -0.4 is 15.8 Å². The molecule has 10 heteroatoms. The molecule has 1 heterocycles. The maximum atomic E-state index is 14.2. The van der Waals surface area contributed by atoms with Crippen LogP contribution in [0, 0.1) is 11.6 Å². The van der Waals surface area contributed by atoms with Crippen molar-refractivity contribution in [2.75, 3.05) is 0 Å². The number of rotatable bonds is 6. The van der Waals surface area contributed by atoms with Crippen LogP contribution in [-0.4, -0.2) is 28.3 Å². The van der Waals surface area contributed by atoms with Gasteiger partial charge in [0, 0.05) is 0 Å². The summed E-state index contributed by atoms with van der Waals surface area (Å²) in [7, 11) is 0. The number of ether oxygens (including phenoxy) is 1. The monoisotopic (exact) mass is 420 g/mol. The molecule has 150 valence electrons. The fraction of sp³-hybridized carbons (Fsp3) is 0.105. The van der Waals surface area contributed by atoms with Crippen LogP contribution in [-0.2, 0) is 16.0 Å². The van der Waals surface area contributed by atoms with Gasteiger partial charge in [-0.15, -0.1) is 0 Å². The molecule has 2 aromatic carbocycles. The van der Waals surface area contributed by atoms with Gasteiger partial charge >= 0.3 is 5.97 Å². The van der Waals surface area contributed by atoms with Gasteiger partial charge in [-0.05, 0) is 59.7 Å². The SMILES string of the molecule is NC(Cc1cc(F)c(Oc2ccc(C=C3SC(=O)NC3=O)cc2)c(F)c1)C(=O)O. The molecule has 1 aliphatic heterocycles. The molecule has 29 heavy (non-hydrogen) atoms. The number of hydrogen-bond acceptors (Lipinski definition) is 6. The highest BCUT2D eigenvalue weighted by molar-refractivity contribution is 8.18. The summed E-state index contributed by atoms with van der Waals surface area (Å²) in [5.74, 6) is -4.27. The smallest absolute Gasteiger partial charge is 0.320 e. The lowest BCUT2D eigenvalue weighted by Gasteiger charge is -2.11. The van der Waals surface area contributed by atoms with Gasteiger partial charge in [0.15, 0.2) is 17.4 Å². The Hall–Kier alpha value is -3.24. The van der Waals surface area contributed by atoms with Crippen LogP contribution >= 0.6 is 11.8 Å². The molecule has 2 amide bonds. The van der Waals surface area contributed by atoms with Gasteiger partial charge in [0.1, 0.15) is 11.8 Å². The van der Waals surface area contributed by atoms with Crippen LogP contribution in [0.15, 0.2) is 41.3 Å². The van der Waals surface area contributed by atoms with Crippen LogP contribution in [0.4, 0.5) is 13.6 Å². The van der Waals surface area contributed by atoms with Crippen molar-refractivity contribution in [1.29, 1.82) is 0 Å². The molecule has 3 rings (SSSR count). The van der Waals surface area contributed by atoms with Gasteiger partial charge in [0.2, 0.25) is 0 Å². The zero-order valence-corrected chi connectivity index (χ0v) is 15.5. The Morgan fingerprint density at radius 3 is 2.34 bits per heavy atom. The van der Waals surface area contributed by atoms with Crippen LogP contribution in [0.2, 0.25) is 0 Å². The molecule has 0 aliphatic carbocycles. The molecule has 7 nitrogen and oxygen atoms in total. The largest absolute Gasteiger partial charge is 0.480 e. The van der Waals surface area contributed by atoms with E-state index in [1.165, 1.54) is 18.2 Å². The predicted octanol–water partition coefficient (Wildman–Crippen LogP) is 3.04. The van der Waals surface area contributed by atoms with Crippen LogP contribution in [0.25, 0.3) is 6.08 Å². The molecule has 0 saturated carbocycles. The number of thioether (sulfide) groups is 1. The summed E-state index contributed by atoms with van der Waals surface area (Å²) in [5, 5.41) is 10.5. The van der Waals surface area contributed by atoms with E-state index in [0.29, 0.717) is 5.56 Å². The van der Waals surface area contributed by atoms with Gasteiger partial charge in [-0.1, -0.05) is 12.1 Å². The van der Waals surface area contributed by atoms with Crippen molar-refractivity contribution in [1.82, 2.24) is 5.32 Å². The first-order valence-corrected chi connectivity index (χ1v) is 9.03. The Morgan fingerprint density at radius 1 is 1.21 bits per heavy atom. The second-order valence-electron chi connectivity index (χ2n) is 6.06. The third-order valence-corrected chi connectivity index (χ3v) is 4.68. The van der Waals surface area contributed by atoms with E-state index in [-0.39, 0.29) is 22.6 Å². The lowest BCUT2D eigenvalue weighted by molar-refractivity contribution is -0.138. The first kappa shape index (κ1) is 20.5. The average molecular weight is 420 g/mol. The summed E-state index contributed by atoms with van der Waals surface area (Å²) in [6.07, 6.45) is 1.26. The standard InChI is InChI=1S/C19H14F2N2O5S/c20-12-5-10(7-14(22)18(25)26)6-13(21)16(12)28-11-3-1-9(2-4-11)8-15-17(24)23-19(27)29-15/h1-6,8,14H,7,22H2,(H,25,26)(H,23,24,27). The van der Waals surface area contributed by atoms with Gasteiger partial charge < -0.3 is 15.6 Å². The van der Waals surface area contributed by atoms with Crippen LogP contribution in [0.1, 0.15) is 11.1 Å². The molecule has 4 N–H and O–H groups in total. The molecule has 1 fully saturated rings. The van der Waals surface area contributed by atoms with Gasteiger partial charge in [-0.3, -0.25) is 19.7 Å². The van der Waals surface area contributed by atoms with E-state index in [0.717, 1.165) is 23.9 Å². The zero-order chi connectivity index (χ0) is 21.1. The Balaban J connectivity index is 1.75. The summed E-state index contributed by atoms with van der Waals surface area (Å²) < 4.78 is 33.7. The van der Waals surface area contributed by atoms with Crippen molar-refractivity contribution in [2.24, 2.45) is 5.73 Å². The topological polar surface area (TPSA) is 119 Å². The number of nitrogens with two attached hydrogens (primary N) is 1. The Morgan fingerprint density at radius 2 is 1.83 bits per heavy atom. The van der Waals surface area contributed by atoms with Crippen molar-refractivity contribution in [2.45, 2.75) is 12.5 Å². The van der Waals surface area contributed by atoms with Crippen LogP contribution in [0.3, 0.4) is 0 Å². The molecule has 1 saturated heterocycles. The van der Waals surface area contributed by atoms with Gasteiger partial charge in [-0.25, -0.2) is 8.78 Å². The van der Waals surface area contributed by atoms with Gasteiger partial charge in [0.25, 0.3) is 11.1 Å². The van der Waals surface area contributed by atoms with E-state index in [1.54, 1.807) is 12.1 Å². The fourth-order valence-electron chi connectivity index (χ4n) is 2.49. The maximum absolute atomic E-state index is 14.2. The minimum atomic E-state index is -1.28. The number of hydrogen-bond donors (Lipinski definition) is 3. The molecule has 0 aromatic heterocycles. The average Bonchev–Trinajstić information content (AvgIpc) is 2.96. The van der Waals surface area contributed by atoms with E-state index >= 15 is 0 Å². The number of imide groups is 1. The number of carboxylic acids is 1. The molecule has 0 spiro atoms. The lowest BCUT2D eigenvalue weighted by atomic mass is 10.1. The second kappa shape index (κ2) is 8.41. The highest BCUT2D eigenvalue weighted by atomic mass is 32.2. The van der Waals surface area contributed by atoms with Crippen molar-refractivity contribution < 1.29 is 33.0 Å². The summed E-state index contributed by atoms with van der Waals surface area (Å²) in [6, 6.07) is 6.64. The first-order chi connectivity index (χ1) is 13.7. The first-order valence-electron chi connectivity index (χ1n) is 8.22. The Bertz CT molecular complexity index is 1000. The number of benzene rings is 2. The summed E-state index contributed by atoms with van der Waals surface area (Å²) in [4.78, 5) is 33.7. The third-order valence-electron chi connectivity index (χ3n) is 3.87. The molecular formula is C19H14F2N2O5S. The number of carboxylic acid groups (broad SMARTS) is 1.